The van der Waals surface area contributed by atoms with E-state index < -0.39 is 0 Å². The van der Waals surface area contributed by atoms with Crippen LogP contribution < -0.4 is 0 Å². The summed E-state index contributed by atoms with van der Waals surface area (Å²) in [6.07, 6.45) is 13.8. The van der Waals surface area contributed by atoms with E-state index in [0.717, 1.165) is 12.8 Å². The average molecular weight is 304 g/mol. The number of benzene rings is 1. The Morgan fingerprint density at radius 1 is 1.00 bits per heavy atom. The third kappa shape index (κ3) is 8.50. The molecular formula is C19H28O3. The molecule has 1 aromatic carbocycles. The van der Waals surface area contributed by atoms with Crippen molar-refractivity contribution in [3.63, 3.8) is 0 Å². The van der Waals surface area contributed by atoms with Gasteiger partial charge in [-0.05, 0) is 49.9 Å². The summed E-state index contributed by atoms with van der Waals surface area (Å²) in [5, 5.41) is 9.16. The minimum atomic E-state index is -0.318. The molecule has 0 saturated carbocycles. The van der Waals surface area contributed by atoms with Crippen LogP contribution in [0.4, 0.5) is 0 Å². The summed E-state index contributed by atoms with van der Waals surface area (Å²) in [6, 6.07) is 6.13. The molecule has 0 bridgehead atoms. The van der Waals surface area contributed by atoms with Crippen LogP contribution in [0.1, 0.15) is 68.6 Å². The monoisotopic (exact) mass is 304 g/mol. The number of allylic oxidation sites excluding steroid dienone is 2. The molecule has 0 spiro atoms. The highest BCUT2D eigenvalue weighted by Gasteiger charge is 2.06. The van der Waals surface area contributed by atoms with E-state index in [2.05, 4.69) is 19.1 Å². The first kappa shape index (κ1) is 18.3. The van der Waals surface area contributed by atoms with Crippen LogP contribution in [-0.4, -0.2) is 17.7 Å². The van der Waals surface area contributed by atoms with E-state index >= 15 is 0 Å². The first-order valence-corrected chi connectivity index (χ1v) is 8.35. The molecular weight excluding hydrogens is 276 g/mol. The van der Waals surface area contributed by atoms with Gasteiger partial charge in [-0.2, -0.15) is 0 Å². The highest BCUT2D eigenvalue weighted by atomic mass is 16.5. The van der Waals surface area contributed by atoms with Gasteiger partial charge in [0, 0.05) is 0 Å². The predicted molar refractivity (Wildman–Crippen MR) is 90.1 cm³/mol. The average Bonchev–Trinajstić information content (AvgIpc) is 2.53. The van der Waals surface area contributed by atoms with Gasteiger partial charge in [0.15, 0.2) is 0 Å². The zero-order chi connectivity index (χ0) is 16.0. The van der Waals surface area contributed by atoms with E-state index in [9.17, 15) is 4.79 Å². The van der Waals surface area contributed by atoms with E-state index in [4.69, 9.17) is 9.84 Å². The Balaban J connectivity index is 1.97. The lowest BCUT2D eigenvalue weighted by molar-refractivity contribution is 0.0497. The van der Waals surface area contributed by atoms with Crippen molar-refractivity contribution in [3.05, 3.63) is 42.0 Å². The molecule has 0 unspecified atom stereocenters. The fraction of sp³-hybridized carbons (Fsp3) is 0.526. The van der Waals surface area contributed by atoms with Gasteiger partial charge in [-0.3, -0.25) is 0 Å². The van der Waals surface area contributed by atoms with Gasteiger partial charge in [0.1, 0.15) is 5.75 Å². The SMILES string of the molecule is CCC/C=C/CCCCCCCOC(=O)c1ccc(O)cc1. The molecule has 0 aliphatic rings. The van der Waals surface area contributed by atoms with Crippen molar-refractivity contribution in [2.24, 2.45) is 0 Å². The Bertz CT molecular complexity index is 434. The van der Waals surface area contributed by atoms with Crippen LogP contribution in [0.25, 0.3) is 0 Å². The van der Waals surface area contributed by atoms with Gasteiger partial charge in [-0.25, -0.2) is 4.79 Å². The van der Waals surface area contributed by atoms with Crippen LogP contribution in [0.2, 0.25) is 0 Å². The van der Waals surface area contributed by atoms with Crippen molar-refractivity contribution in [3.8, 4) is 5.75 Å². The van der Waals surface area contributed by atoms with Crippen LogP contribution in [0.15, 0.2) is 36.4 Å². The summed E-state index contributed by atoms with van der Waals surface area (Å²) in [4.78, 5) is 11.7. The summed E-state index contributed by atoms with van der Waals surface area (Å²) in [5.74, 6) is -0.165. The number of esters is 1. The van der Waals surface area contributed by atoms with E-state index in [-0.39, 0.29) is 11.7 Å². The van der Waals surface area contributed by atoms with E-state index in [1.54, 1.807) is 12.1 Å². The molecule has 0 radical (unpaired) electrons. The maximum Gasteiger partial charge on any atom is 0.338 e. The lowest BCUT2D eigenvalue weighted by Gasteiger charge is -2.05. The second-order valence-corrected chi connectivity index (χ2v) is 5.50. The van der Waals surface area contributed by atoms with Gasteiger partial charge < -0.3 is 9.84 Å². The first-order chi connectivity index (χ1) is 10.7. The maximum atomic E-state index is 11.7. The molecule has 0 fully saturated rings. The number of carbonyl (C=O) groups excluding carboxylic acids is 1. The Hall–Kier alpha value is -1.77. The van der Waals surface area contributed by atoms with Crippen LogP contribution >= 0.6 is 0 Å². The molecule has 1 N–H and O–H groups in total. The Labute approximate surface area is 134 Å². The summed E-state index contributed by atoms with van der Waals surface area (Å²) in [7, 11) is 0. The first-order valence-electron chi connectivity index (χ1n) is 8.35. The van der Waals surface area contributed by atoms with Gasteiger partial charge in [-0.15, -0.1) is 0 Å². The number of unbranched alkanes of at least 4 members (excludes halogenated alkanes) is 6. The third-order valence-corrected chi connectivity index (χ3v) is 3.47. The fourth-order valence-corrected chi connectivity index (χ4v) is 2.14. The van der Waals surface area contributed by atoms with E-state index in [1.807, 2.05) is 0 Å². The lowest BCUT2D eigenvalue weighted by Crippen LogP contribution is -2.06. The molecule has 3 nitrogen and oxygen atoms in total. The molecule has 0 atom stereocenters. The van der Waals surface area contributed by atoms with Crippen LogP contribution in [-0.2, 0) is 4.74 Å². The summed E-state index contributed by atoms with van der Waals surface area (Å²) in [5.41, 5.74) is 0.483. The largest absolute Gasteiger partial charge is 0.508 e. The molecule has 0 aliphatic heterocycles. The van der Waals surface area contributed by atoms with Crippen molar-refractivity contribution in [1.82, 2.24) is 0 Å². The van der Waals surface area contributed by atoms with Crippen molar-refractivity contribution in [2.45, 2.75) is 58.3 Å². The number of phenols is 1. The molecule has 0 heterocycles. The number of hydrogen-bond donors (Lipinski definition) is 1. The van der Waals surface area contributed by atoms with Crippen LogP contribution in [0.5, 0.6) is 5.75 Å². The fourth-order valence-electron chi connectivity index (χ4n) is 2.14. The van der Waals surface area contributed by atoms with E-state index in [1.165, 1.54) is 50.7 Å². The standard InChI is InChI=1S/C19H28O3/c1-2-3-4-5-6-7-8-9-10-11-16-22-19(21)17-12-14-18(20)15-13-17/h4-5,12-15,20H,2-3,6-11,16H2,1H3/b5-4+. The Morgan fingerprint density at radius 3 is 2.36 bits per heavy atom. The lowest BCUT2D eigenvalue weighted by atomic mass is 10.1. The highest BCUT2D eigenvalue weighted by Crippen LogP contribution is 2.11. The number of hydrogen-bond acceptors (Lipinski definition) is 3. The van der Waals surface area contributed by atoms with Gasteiger partial charge in [0.25, 0.3) is 0 Å². The second kappa shape index (κ2) is 11.8. The third-order valence-electron chi connectivity index (χ3n) is 3.47. The van der Waals surface area contributed by atoms with Crippen molar-refractivity contribution >= 4 is 5.97 Å². The topological polar surface area (TPSA) is 46.5 Å². The molecule has 1 aromatic rings. The predicted octanol–water partition coefficient (Wildman–Crippen LogP) is 5.25. The minimum absolute atomic E-state index is 0.154. The van der Waals surface area contributed by atoms with E-state index in [0.29, 0.717) is 12.2 Å². The van der Waals surface area contributed by atoms with Crippen molar-refractivity contribution in [2.75, 3.05) is 6.61 Å². The summed E-state index contributed by atoms with van der Waals surface area (Å²) in [6.45, 7) is 2.66. The molecule has 0 aliphatic carbocycles. The highest BCUT2D eigenvalue weighted by molar-refractivity contribution is 5.89. The normalized spacial score (nSPS) is 11.0. The van der Waals surface area contributed by atoms with Gasteiger partial charge in [0.05, 0.1) is 12.2 Å². The molecule has 0 amide bonds. The number of aromatic hydroxyl groups is 1. The summed E-state index contributed by atoms with van der Waals surface area (Å²) < 4.78 is 5.21. The molecule has 3 heteroatoms. The maximum absolute atomic E-state index is 11.7. The van der Waals surface area contributed by atoms with Crippen LogP contribution in [0, 0.1) is 0 Å². The Morgan fingerprint density at radius 2 is 1.64 bits per heavy atom. The molecule has 122 valence electrons. The molecule has 1 rings (SSSR count). The van der Waals surface area contributed by atoms with Gasteiger partial charge >= 0.3 is 5.97 Å². The molecule has 0 saturated heterocycles. The number of ether oxygens (including phenoxy) is 1. The summed E-state index contributed by atoms with van der Waals surface area (Å²) >= 11 is 0. The van der Waals surface area contributed by atoms with Gasteiger partial charge in [-0.1, -0.05) is 44.8 Å². The minimum Gasteiger partial charge on any atom is -0.508 e. The number of rotatable bonds is 11. The molecule has 0 aromatic heterocycles. The zero-order valence-corrected chi connectivity index (χ0v) is 13.6. The van der Waals surface area contributed by atoms with Crippen molar-refractivity contribution in [1.29, 1.82) is 0 Å². The smallest absolute Gasteiger partial charge is 0.338 e. The Kier molecular flexibility index (Phi) is 9.84. The number of phenolic OH excluding ortho intramolecular Hbond substituents is 1. The van der Waals surface area contributed by atoms with Gasteiger partial charge in [0.2, 0.25) is 0 Å². The molecule has 22 heavy (non-hydrogen) atoms. The second-order valence-electron chi connectivity index (χ2n) is 5.50. The zero-order valence-electron chi connectivity index (χ0n) is 13.6. The number of carbonyl (C=O) groups is 1. The quantitative estimate of drug-likeness (QED) is 0.345. The van der Waals surface area contributed by atoms with Crippen LogP contribution in [0.3, 0.4) is 0 Å². The van der Waals surface area contributed by atoms with Crippen molar-refractivity contribution < 1.29 is 14.6 Å².